The Balaban J connectivity index is 2.20. The van der Waals surface area contributed by atoms with Crippen molar-refractivity contribution in [3.05, 3.63) is 52.8 Å². The minimum absolute atomic E-state index is 0.352. The van der Waals surface area contributed by atoms with Crippen molar-refractivity contribution in [2.24, 2.45) is 0 Å². The van der Waals surface area contributed by atoms with E-state index in [1.807, 2.05) is 49.4 Å². The summed E-state index contributed by atoms with van der Waals surface area (Å²) in [6.45, 7) is 2.62. The standard InChI is InChI=1S/C16H14BrClN2O/c1-2-21-13-5-3-4-12(9-13)20-15-7-6-11(17)8-14(15)19-16(20)10-18/h3-9H,2,10H2,1H3. The summed E-state index contributed by atoms with van der Waals surface area (Å²) in [5.74, 6) is 2.01. The molecule has 0 aliphatic carbocycles. The van der Waals surface area contributed by atoms with Gasteiger partial charge in [0.1, 0.15) is 11.6 Å². The van der Waals surface area contributed by atoms with E-state index >= 15 is 0 Å². The van der Waals surface area contributed by atoms with E-state index in [0.717, 1.165) is 32.8 Å². The molecule has 21 heavy (non-hydrogen) atoms. The Morgan fingerprint density at radius 3 is 2.86 bits per heavy atom. The minimum Gasteiger partial charge on any atom is -0.494 e. The van der Waals surface area contributed by atoms with Crippen molar-refractivity contribution in [3.8, 4) is 11.4 Å². The van der Waals surface area contributed by atoms with E-state index in [9.17, 15) is 0 Å². The largest absolute Gasteiger partial charge is 0.494 e. The van der Waals surface area contributed by atoms with Gasteiger partial charge in [0.05, 0.1) is 29.2 Å². The molecule has 0 aliphatic heterocycles. The van der Waals surface area contributed by atoms with E-state index in [-0.39, 0.29) is 0 Å². The maximum atomic E-state index is 6.07. The number of aromatic nitrogens is 2. The number of benzene rings is 2. The van der Waals surface area contributed by atoms with Crippen LogP contribution in [0.25, 0.3) is 16.7 Å². The quantitative estimate of drug-likeness (QED) is 0.613. The molecule has 0 radical (unpaired) electrons. The van der Waals surface area contributed by atoms with Crippen LogP contribution < -0.4 is 4.74 Å². The maximum absolute atomic E-state index is 6.07. The van der Waals surface area contributed by atoms with Crippen LogP contribution in [-0.4, -0.2) is 16.2 Å². The first-order valence-corrected chi connectivity index (χ1v) is 8.01. The highest BCUT2D eigenvalue weighted by Gasteiger charge is 2.12. The Hall–Kier alpha value is -1.52. The predicted octanol–water partition coefficient (Wildman–Crippen LogP) is 4.93. The average Bonchev–Trinajstić information content (AvgIpc) is 2.85. The molecular weight excluding hydrogens is 352 g/mol. The lowest BCUT2D eigenvalue weighted by Crippen LogP contribution is -2.00. The topological polar surface area (TPSA) is 27.1 Å². The molecule has 0 fully saturated rings. The molecule has 0 atom stereocenters. The zero-order valence-corrected chi connectivity index (χ0v) is 13.9. The summed E-state index contributed by atoms with van der Waals surface area (Å²) < 4.78 is 8.65. The molecule has 0 unspecified atom stereocenters. The van der Waals surface area contributed by atoms with Crippen molar-refractivity contribution < 1.29 is 4.74 Å². The number of ether oxygens (including phenoxy) is 1. The van der Waals surface area contributed by atoms with Crippen LogP contribution in [0.3, 0.4) is 0 Å². The van der Waals surface area contributed by atoms with E-state index in [4.69, 9.17) is 16.3 Å². The molecule has 2 aromatic carbocycles. The van der Waals surface area contributed by atoms with Crippen LogP contribution in [-0.2, 0) is 5.88 Å². The molecule has 1 heterocycles. The first kappa shape index (κ1) is 14.4. The molecule has 3 rings (SSSR count). The zero-order chi connectivity index (χ0) is 14.8. The summed E-state index contributed by atoms with van der Waals surface area (Å²) >= 11 is 9.54. The Morgan fingerprint density at radius 2 is 2.10 bits per heavy atom. The van der Waals surface area contributed by atoms with Crippen molar-refractivity contribution in [1.29, 1.82) is 0 Å². The van der Waals surface area contributed by atoms with Crippen LogP contribution in [0.5, 0.6) is 5.75 Å². The highest BCUT2D eigenvalue weighted by atomic mass is 79.9. The van der Waals surface area contributed by atoms with Gasteiger partial charge in [-0.05, 0) is 37.3 Å². The van der Waals surface area contributed by atoms with Crippen LogP contribution in [0.15, 0.2) is 46.9 Å². The highest BCUT2D eigenvalue weighted by Crippen LogP contribution is 2.27. The summed E-state index contributed by atoms with van der Waals surface area (Å²) in [5, 5.41) is 0. The molecule has 0 bridgehead atoms. The Kier molecular flexibility index (Phi) is 4.17. The van der Waals surface area contributed by atoms with Crippen LogP contribution in [0.4, 0.5) is 0 Å². The van der Waals surface area contributed by atoms with E-state index in [1.54, 1.807) is 0 Å². The van der Waals surface area contributed by atoms with Crippen molar-refractivity contribution in [1.82, 2.24) is 9.55 Å². The average molecular weight is 366 g/mol. The Morgan fingerprint density at radius 1 is 1.24 bits per heavy atom. The molecule has 5 heteroatoms. The second kappa shape index (κ2) is 6.08. The summed E-state index contributed by atoms with van der Waals surface area (Å²) in [6, 6.07) is 14.0. The van der Waals surface area contributed by atoms with Crippen molar-refractivity contribution >= 4 is 38.6 Å². The third kappa shape index (κ3) is 2.78. The summed E-state index contributed by atoms with van der Waals surface area (Å²) in [4.78, 5) is 4.60. The Labute approximate surface area is 136 Å². The third-order valence-corrected chi connectivity index (χ3v) is 3.92. The van der Waals surface area contributed by atoms with E-state index in [0.29, 0.717) is 12.5 Å². The first-order chi connectivity index (χ1) is 10.2. The van der Waals surface area contributed by atoms with Gasteiger partial charge in [-0.2, -0.15) is 0 Å². The van der Waals surface area contributed by atoms with Crippen LogP contribution >= 0.6 is 27.5 Å². The lowest BCUT2D eigenvalue weighted by Gasteiger charge is -2.10. The van der Waals surface area contributed by atoms with Gasteiger partial charge in [0.2, 0.25) is 0 Å². The monoisotopic (exact) mass is 364 g/mol. The van der Waals surface area contributed by atoms with Gasteiger partial charge in [-0.15, -0.1) is 11.6 Å². The predicted molar refractivity (Wildman–Crippen MR) is 89.5 cm³/mol. The summed E-state index contributed by atoms with van der Waals surface area (Å²) in [7, 11) is 0. The molecule has 0 N–H and O–H groups in total. The number of hydrogen-bond acceptors (Lipinski definition) is 2. The van der Waals surface area contributed by atoms with Crippen LogP contribution in [0, 0.1) is 0 Å². The molecule has 0 saturated heterocycles. The molecule has 0 saturated carbocycles. The van der Waals surface area contributed by atoms with E-state index < -0.39 is 0 Å². The van der Waals surface area contributed by atoms with Gasteiger partial charge in [0.25, 0.3) is 0 Å². The Bertz CT molecular complexity index is 785. The summed E-state index contributed by atoms with van der Waals surface area (Å²) in [5.41, 5.74) is 2.95. The number of rotatable bonds is 4. The lowest BCUT2D eigenvalue weighted by molar-refractivity contribution is 0.340. The second-order valence-corrected chi connectivity index (χ2v) is 5.74. The van der Waals surface area contributed by atoms with Crippen molar-refractivity contribution in [3.63, 3.8) is 0 Å². The molecule has 0 spiro atoms. The van der Waals surface area contributed by atoms with Crippen LogP contribution in [0.2, 0.25) is 0 Å². The molecule has 108 valence electrons. The molecule has 1 aromatic heterocycles. The fourth-order valence-corrected chi connectivity index (χ4v) is 2.89. The number of alkyl halides is 1. The molecule has 0 aliphatic rings. The first-order valence-electron chi connectivity index (χ1n) is 6.69. The minimum atomic E-state index is 0.352. The SMILES string of the molecule is CCOc1cccc(-n2c(CCl)nc3cc(Br)ccc32)c1. The number of imidazole rings is 1. The normalized spacial score (nSPS) is 11.0. The van der Waals surface area contributed by atoms with E-state index in [1.165, 1.54) is 0 Å². The maximum Gasteiger partial charge on any atom is 0.129 e. The van der Waals surface area contributed by atoms with Crippen LogP contribution in [0.1, 0.15) is 12.7 Å². The number of hydrogen-bond donors (Lipinski definition) is 0. The number of fused-ring (bicyclic) bond motifs is 1. The lowest BCUT2D eigenvalue weighted by atomic mass is 10.2. The molecule has 3 nitrogen and oxygen atoms in total. The van der Waals surface area contributed by atoms with Gasteiger partial charge in [0, 0.05) is 10.5 Å². The van der Waals surface area contributed by atoms with Crippen molar-refractivity contribution in [2.45, 2.75) is 12.8 Å². The van der Waals surface area contributed by atoms with Gasteiger partial charge in [0.15, 0.2) is 0 Å². The van der Waals surface area contributed by atoms with Gasteiger partial charge in [-0.3, -0.25) is 4.57 Å². The number of nitrogens with zero attached hydrogens (tertiary/aromatic N) is 2. The highest BCUT2D eigenvalue weighted by molar-refractivity contribution is 9.10. The zero-order valence-electron chi connectivity index (χ0n) is 11.5. The molecule has 0 amide bonds. The summed E-state index contributed by atoms with van der Waals surface area (Å²) in [6.07, 6.45) is 0. The van der Waals surface area contributed by atoms with Gasteiger partial charge in [-0.1, -0.05) is 22.0 Å². The van der Waals surface area contributed by atoms with Gasteiger partial charge >= 0.3 is 0 Å². The van der Waals surface area contributed by atoms with E-state index in [2.05, 4.69) is 25.5 Å². The molecular formula is C16H14BrClN2O. The van der Waals surface area contributed by atoms with Gasteiger partial charge < -0.3 is 4.74 Å². The smallest absolute Gasteiger partial charge is 0.129 e. The fourth-order valence-electron chi connectivity index (χ4n) is 2.36. The second-order valence-electron chi connectivity index (χ2n) is 4.56. The molecule has 3 aromatic rings. The van der Waals surface area contributed by atoms with Gasteiger partial charge in [-0.25, -0.2) is 4.98 Å². The number of halogens is 2. The van der Waals surface area contributed by atoms with Crippen molar-refractivity contribution in [2.75, 3.05) is 6.61 Å². The fraction of sp³-hybridized carbons (Fsp3) is 0.188. The third-order valence-electron chi connectivity index (χ3n) is 3.19.